The molecule has 188 valence electrons. The number of hydrogen-bond donors (Lipinski definition) is 0. The SMILES string of the molecule is CCCCCCCCCCC1CCC(C2CCC(C3CCC(CCCF)CC3)CC2)CC1. The molecular formula is C31H57F. The summed E-state index contributed by atoms with van der Waals surface area (Å²) in [6.07, 6.45) is 33.2. The Hall–Kier alpha value is -0.0700. The molecule has 0 nitrogen and oxygen atoms in total. The third-order valence-electron chi connectivity index (χ3n) is 10.1. The average Bonchev–Trinajstić information content (AvgIpc) is 2.85. The molecule has 0 radical (unpaired) electrons. The minimum absolute atomic E-state index is 0.106. The Morgan fingerprint density at radius 2 is 0.781 bits per heavy atom. The molecule has 0 heterocycles. The number of halogens is 1. The molecule has 0 aliphatic heterocycles. The van der Waals surface area contributed by atoms with E-state index in [2.05, 4.69) is 6.92 Å². The largest absolute Gasteiger partial charge is 0.251 e. The quantitative estimate of drug-likeness (QED) is 0.232. The van der Waals surface area contributed by atoms with Gasteiger partial charge in [0.15, 0.2) is 0 Å². The fourth-order valence-corrected chi connectivity index (χ4v) is 7.92. The van der Waals surface area contributed by atoms with Crippen molar-refractivity contribution in [1.82, 2.24) is 0 Å². The fourth-order valence-electron chi connectivity index (χ4n) is 7.92. The van der Waals surface area contributed by atoms with Gasteiger partial charge >= 0.3 is 0 Å². The second-order valence-corrected chi connectivity index (χ2v) is 12.3. The van der Waals surface area contributed by atoms with Crippen molar-refractivity contribution in [2.24, 2.45) is 35.5 Å². The predicted octanol–water partition coefficient (Wildman–Crippen LogP) is 10.7. The van der Waals surface area contributed by atoms with Crippen molar-refractivity contribution in [3.63, 3.8) is 0 Å². The Labute approximate surface area is 201 Å². The Balaban J connectivity index is 1.21. The van der Waals surface area contributed by atoms with Crippen LogP contribution in [0.4, 0.5) is 4.39 Å². The Bertz CT molecular complexity index is 435. The van der Waals surface area contributed by atoms with Crippen molar-refractivity contribution >= 4 is 0 Å². The molecule has 3 aliphatic rings. The van der Waals surface area contributed by atoms with Gasteiger partial charge in [0.1, 0.15) is 0 Å². The van der Waals surface area contributed by atoms with E-state index >= 15 is 0 Å². The van der Waals surface area contributed by atoms with E-state index in [0.717, 1.165) is 48.3 Å². The molecule has 3 rings (SSSR count). The lowest BCUT2D eigenvalue weighted by molar-refractivity contribution is 0.102. The zero-order valence-corrected chi connectivity index (χ0v) is 21.8. The van der Waals surface area contributed by atoms with E-state index in [1.807, 2.05) is 0 Å². The maximum Gasteiger partial charge on any atom is 0.0894 e. The van der Waals surface area contributed by atoms with E-state index in [-0.39, 0.29) is 6.67 Å². The maximum absolute atomic E-state index is 12.5. The van der Waals surface area contributed by atoms with Crippen molar-refractivity contribution in [1.29, 1.82) is 0 Å². The first-order valence-electron chi connectivity index (χ1n) is 15.4. The number of unbranched alkanes of at least 4 members (excludes halogenated alkanes) is 7. The van der Waals surface area contributed by atoms with Gasteiger partial charge in [-0.3, -0.25) is 4.39 Å². The van der Waals surface area contributed by atoms with Crippen LogP contribution in [-0.2, 0) is 0 Å². The van der Waals surface area contributed by atoms with Gasteiger partial charge in [0.05, 0.1) is 6.67 Å². The smallest absolute Gasteiger partial charge is 0.0894 e. The van der Waals surface area contributed by atoms with Crippen LogP contribution in [0.25, 0.3) is 0 Å². The highest BCUT2D eigenvalue weighted by molar-refractivity contribution is 4.86. The van der Waals surface area contributed by atoms with Crippen LogP contribution in [0.3, 0.4) is 0 Å². The van der Waals surface area contributed by atoms with Crippen LogP contribution in [0.5, 0.6) is 0 Å². The molecule has 3 saturated carbocycles. The van der Waals surface area contributed by atoms with Gasteiger partial charge in [0.2, 0.25) is 0 Å². The number of hydrogen-bond acceptors (Lipinski definition) is 0. The van der Waals surface area contributed by atoms with E-state index in [4.69, 9.17) is 0 Å². The van der Waals surface area contributed by atoms with E-state index in [9.17, 15) is 4.39 Å². The zero-order chi connectivity index (χ0) is 22.4. The summed E-state index contributed by atoms with van der Waals surface area (Å²) < 4.78 is 12.5. The third-order valence-corrected chi connectivity index (χ3v) is 10.1. The normalized spacial score (nSPS) is 33.9. The molecule has 0 N–H and O–H groups in total. The first kappa shape index (κ1) is 26.5. The minimum atomic E-state index is -0.106. The molecule has 0 saturated heterocycles. The van der Waals surface area contributed by atoms with Crippen LogP contribution in [0, 0.1) is 35.5 Å². The van der Waals surface area contributed by atoms with Crippen LogP contribution in [0.2, 0.25) is 0 Å². The molecule has 0 amide bonds. The van der Waals surface area contributed by atoms with Gasteiger partial charge in [-0.15, -0.1) is 0 Å². The highest BCUT2D eigenvalue weighted by Gasteiger charge is 2.34. The van der Waals surface area contributed by atoms with Crippen LogP contribution in [-0.4, -0.2) is 6.67 Å². The summed E-state index contributed by atoms with van der Waals surface area (Å²) in [7, 11) is 0. The topological polar surface area (TPSA) is 0 Å². The lowest BCUT2D eigenvalue weighted by Gasteiger charge is -2.41. The van der Waals surface area contributed by atoms with Gasteiger partial charge in [-0.05, 0) is 99.7 Å². The summed E-state index contributed by atoms with van der Waals surface area (Å²) in [4.78, 5) is 0. The minimum Gasteiger partial charge on any atom is -0.251 e. The molecule has 0 spiro atoms. The van der Waals surface area contributed by atoms with Gasteiger partial charge in [-0.2, -0.15) is 0 Å². The summed E-state index contributed by atoms with van der Waals surface area (Å²) in [5, 5.41) is 0. The Morgan fingerprint density at radius 3 is 1.19 bits per heavy atom. The lowest BCUT2D eigenvalue weighted by Crippen LogP contribution is -2.29. The predicted molar refractivity (Wildman–Crippen MR) is 139 cm³/mol. The second kappa shape index (κ2) is 15.8. The second-order valence-electron chi connectivity index (χ2n) is 12.3. The van der Waals surface area contributed by atoms with Gasteiger partial charge in [-0.25, -0.2) is 0 Å². The van der Waals surface area contributed by atoms with Gasteiger partial charge in [0.25, 0.3) is 0 Å². The summed E-state index contributed by atoms with van der Waals surface area (Å²) in [6.45, 7) is 2.20. The molecule has 0 unspecified atom stereocenters. The maximum atomic E-state index is 12.5. The third kappa shape index (κ3) is 9.29. The van der Waals surface area contributed by atoms with Crippen molar-refractivity contribution < 1.29 is 4.39 Å². The van der Waals surface area contributed by atoms with E-state index < -0.39 is 0 Å². The van der Waals surface area contributed by atoms with Gasteiger partial charge in [-0.1, -0.05) is 90.4 Å². The van der Waals surface area contributed by atoms with Crippen LogP contribution >= 0.6 is 0 Å². The van der Waals surface area contributed by atoms with Crippen LogP contribution in [0.15, 0.2) is 0 Å². The van der Waals surface area contributed by atoms with E-state index in [1.54, 1.807) is 38.5 Å². The Kier molecular flexibility index (Phi) is 13.1. The molecule has 1 heteroatoms. The van der Waals surface area contributed by atoms with Crippen LogP contribution < -0.4 is 0 Å². The van der Waals surface area contributed by atoms with E-state index in [0.29, 0.717) is 0 Å². The van der Waals surface area contributed by atoms with Crippen molar-refractivity contribution in [3.05, 3.63) is 0 Å². The first-order chi connectivity index (χ1) is 15.8. The van der Waals surface area contributed by atoms with Crippen molar-refractivity contribution in [3.8, 4) is 0 Å². The van der Waals surface area contributed by atoms with Crippen molar-refractivity contribution in [2.75, 3.05) is 6.67 Å². The molecule has 3 fully saturated rings. The van der Waals surface area contributed by atoms with E-state index in [1.165, 1.54) is 96.3 Å². The summed E-state index contributed by atoms with van der Waals surface area (Å²) in [5.41, 5.74) is 0. The number of alkyl halides is 1. The summed E-state index contributed by atoms with van der Waals surface area (Å²) >= 11 is 0. The first-order valence-corrected chi connectivity index (χ1v) is 15.4. The molecule has 0 aromatic heterocycles. The molecule has 0 atom stereocenters. The Morgan fingerprint density at radius 1 is 0.438 bits per heavy atom. The number of rotatable bonds is 14. The zero-order valence-electron chi connectivity index (χ0n) is 21.8. The highest BCUT2D eigenvalue weighted by Crippen LogP contribution is 2.46. The standard InChI is InChI=1S/C31H57F/c1-2-3-4-5-6-7-8-9-11-26-13-17-28(18-14-26)30-21-23-31(24-22-30)29-19-15-27(16-20-29)12-10-25-32/h26-31H,2-25H2,1H3. The molecule has 0 bridgehead atoms. The molecule has 32 heavy (non-hydrogen) atoms. The molecular weight excluding hydrogens is 391 g/mol. The highest BCUT2D eigenvalue weighted by atomic mass is 19.1. The van der Waals surface area contributed by atoms with Gasteiger partial charge < -0.3 is 0 Å². The average molecular weight is 449 g/mol. The molecule has 3 aliphatic carbocycles. The van der Waals surface area contributed by atoms with Gasteiger partial charge in [0, 0.05) is 0 Å². The fraction of sp³-hybridized carbons (Fsp3) is 1.00. The molecule has 0 aromatic rings. The monoisotopic (exact) mass is 448 g/mol. The van der Waals surface area contributed by atoms with Crippen LogP contribution in [0.1, 0.15) is 155 Å². The molecule has 0 aromatic carbocycles. The summed E-state index contributed by atoms with van der Waals surface area (Å²) in [6, 6.07) is 0. The summed E-state index contributed by atoms with van der Waals surface area (Å²) in [5.74, 6) is 6.10. The lowest BCUT2D eigenvalue weighted by atomic mass is 9.64. The van der Waals surface area contributed by atoms with Crippen molar-refractivity contribution in [2.45, 2.75) is 155 Å².